The van der Waals surface area contributed by atoms with Crippen LogP contribution in [0.4, 0.5) is 46.5 Å². The average molecular weight is 1170 g/mol. The SMILES string of the molecule is Cc1cc2c(-c3cccc(/C=C/C(=O)O)c3)c(CC(=O)Nc3ccc(F)cc3C(F)(F)F)c(=O)oc2cc1Cl.Cc1cc2c(-c3cccc(/C=C/C(=O)O)c3)c(CC(=O)Nc3ccc(F)cc3C(F)(F)F)c(=O)oc2cc1Cl.O.O.O. The molecule has 0 aliphatic heterocycles. The lowest BCUT2D eigenvalue weighted by molar-refractivity contribution is -0.138. The number of carbonyl (C=O) groups is 4. The van der Waals surface area contributed by atoms with E-state index in [0.717, 1.165) is 36.4 Å². The highest BCUT2D eigenvalue weighted by molar-refractivity contribution is 6.32. The fourth-order valence-corrected chi connectivity index (χ4v) is 8.39. The summed E-state index contributed by atoms with van der Waals surface area (Å²) in [5.74, 6) is -6.58. The van der Waals surface area contributed by atoms with E-state index < -0.39 is 94.3 Å². The van der Waals surface area contributed by atoms with Crippen LogP contribution in [0.15, 0.2) is 140 Å². The third-order valence-electron chi connectivity index (χ3n) is 11.5. The fourth-order valence-electron chi connectivity index (χ4n) is 8.08. The van der Waals surface area contributed by atoms with Gasteiger partial charge in [-0.3, -0.25) is 9.59 Å². The minimum Gasteiger partial charge on any atom is -0.478 e. The Balaban J connectivity index is 0.000000336. The first-order valence-electron chi connectivity index (χ1n) is 22.5. The number of halogens is 10. The van der Waals surface area contributed by atoms with Crippen molar-refractivity contribution in [1.82, 2.24) is 0 Å². The van der Waals surface area contributed by atoms with Crippen LogP contribution in [0.2, 0.25) is 10.0 Å². The molecule has 81 heavy (non-hydrogen) atoms. The molecule has 6 aromatic carbocycles. The molecular formula is C56H42Cl2F8N2O13. The number of benzene rings is 6. The van der Waals surface area contributed by atoms with E-state index in [0.29, 0.717) is 54.2 Å². The Bertz CT molecular complexity index is 3680. The van der Waals surface area contributed by atoms with Gasteiger partial charge in [-0.1, -0.05) is 59.6 Å². The maximum absolute atomic E-state index is 13.5. The summed E-state index contributed by atoms with van der Waals surface area (Å²) in [5.41, 5.74) is -2.51. The number of hydrogen-bond donors (Lipinski definition) is 4. The lowest BCUT2D eigenvalue weighted by Crippen LogP contribution is -2.22. The molecule has 8 aromatic rings. The predicted octanol–water partition coefficient (Wildman–Crippen LogP) is 11.2. The molecule has 0 radical (unpaired) electrons. The normalized spacial score (nSPS) is 11.3. The molecule has 15 nitrogen and oxygen atoms in total. The summed E-state index contributed by atoms with van der Waals surface area (Å²) in [6.07, 6.45) is -6.73. The maximum Gasteiger partial charge on any atom is 0.418 e. The number of carboxylic acids is 2. The number of aryl methyl sites for hydroxylation is 2. The minimum absolute atomic E-state index is 0. The Labute approximate surface area is 460 Å². The van der Waals surface area contributed by atoms with Gasteiger partial charge in [-0.25, -0.2) is 28.0 Å². The first-order valence-corrected chi connectivity index (χ1v) is 23.3. The Kier molecular flexibility index (Phi) is 21.0. The summed E-state index contributed by atoms with van der Waals surface area (Å²) < 4.78 is 118. The Morgan fingerprint density at radius 1 is 0.543 bits per heavy atom. The zero-order chi connectivity index (χ0) is 57.0. The van der Waals surface area contributed by atoms with Gasteiger partial charge in [0.1, 0.15) is 22.8 Å². The van der Waals surface area contributed by atoms with Crippen LogP contribution in [0.5, 0.6) is 0 Å². The Morgan fingerprint density at radius 3 is 1.23 bits per heavy atom. The van der Waals surface area contributed by atoms with Crippen LogP contribution in [-0.2, 0) is 44.4 Å². The van der Waals surface area contributed by atoms with Crippen LogP contribution in [0.1, 0.15) is 44.5 Å². The molecule has 0 spiro atoms. The molecular weight excluding hydrogens is 1130 g/mol. The van der Waals surface area contributed by atoms with E-state index in [-0.39, 0.29) is 62.0 Å². The van der Waals surface area contributed by atoms with Gasteiger partial charge < -0.3 is 46.1 Å². The quantitative estimate of drug-likeness (QED) is 0.0509. The monoisotopic (exact) mass is 1170 g/mol. The van der Waals surface area contributed by atoms with E-state index in [9.17, 15) is 63.9 Å². The van der Waals surface area contributed by atoms with E-state index in [1.165, 1.54) is 24.3 Å². The van der Waals surface area contributed by atoms with Crippen molar-refractivity contribution < 1.29 is 89.8 Å². The number of aliphatic carboxylic acids is 2. The van der Waals surface area contributed by atoms with Gasteiger partial charge in [0.05, 0.1) is 46.5 Å². The van der Waals surface area contributed by atoms with Crippen molar-refractivity contribution >= 4 is 92.4 Å². The second-order valence-corrected chi connectivity index (χ2v) is 17.9. The zero-order valence-corrected chi connectivity index (χ0v) is 43.1. The smallest absolute Gasteiger partial charge is 0.418 e. The summed E-state index contributed by atoms with van der Waals surface area (Å²) in [6.45, 7) is 3.42. The molecule has 0 aliphatic carbocycles. The van der Waals surface area contributed by atoms with E-state index in [1.54, 1.807) is 74.5 Å². The molecule has 424 valence electrons. The Hall–Kier alpha value is -9.00. The third-order valence-corrected chi connectivity index (χ3v) is 12.4. The van der Waals surface area contributed by atoms with E-state index in [2.05, 4.69) is 10.6 Å². The van der Waals surface area contributed by atoms with Gasteiger partial charge in [-0.2, -0.15) is 26.3 Å². The van der Waals surface area contributed by atoms with Crippen molar-refractivity contribution in [1.29, 1.82) is 0 Å². The highest BCUT2D eigenvalue weighted by atomic mass is 35.5. The predicted molar refractivity (Wildman–Crippen MR) is 287 cm³/mol. The minimum atomic E-state index is -4.95. The second kappa shape index (κ2) is 26.3. The lowest BCUT2D eigenvalue weighted by Gasteiger charge is -2.16. The van der Waals surface area contributed by atoms with E-state index in [4.69, 9.17) is 42.2 Å². The third kappa shape index (κ3) is 15.6. The van der Waals surface area contributed by atoms with Crippen LogP contribution >= 0.6 is 23.2 Å². The number of carboxylic acid groups (broad SMARTS) is 2. The molecule has 0 bridgehead atoms. The highest BCUT2D eigenvalue weighted by Crippen LogP contribution is 2.39. The molecule has 0 saturated carbocycles. The summed E-state index contributed by atoms with van der Waals surface area (Å²) >= 11 is 12.4. The molecule has 0 saturated heterocycles. The van der Waals surface area contributed by atoms with Crippen molar-refractivity contribution in [3.63, 3.8) is 0 Å². The topological polar surface area (TPSA) is 288 Å². The van der Waals surface area contributed by atoms with Crippen molar-refractivity contribution in [2.24, 2.45) is 0 Å². The zero-order valence-electron chi connectivity index (χ0n) is 41.6. The second-order valence-electron chi connectivity index (χ2n) is 17.1. The van der Waals surface area contributed by atoms with E-state index >= 15 is 0 Å². The molecule has 0 atom stereocenters. The number of alkyl halides is 6. The van der Waals surface area contributed by atoms with Crippen molar-refractivity contribution in [2.45, 2.75) is 39.0 Å². The summed E-state index contributed by atoms with van der Waals surface area (Å²) in [7, 11) is 0. The molecule has 2 heterocycles. The molecule has 2 amide bonds. The molecule has 0 unspecified atom stereocenters. The van der Waals surface area contributed by atoms with Crippen LogP contribution < -0.4 is 21.9 Å². The number of anilines is 2. The number of carbonyl (C=O) groups excluding carboxylic acids is 2. The molecule has 0 aliphatic rings. The van der Waals surface area contributed by atoms with Gasteiger partial charge in [0.15, 0.2) is 0 Å². The largest absolute Gasteiger partial charge is 0.478 e. The van der Waals surface area contributed by atoms with Crippen LogP contribution in [0.25, 0.3) is 56.3 Å². The van der Waals surface area contributed by atoms with Crippen molar-refractivity contribution in [3.8, 4) is 22.3 Å². The van der Waals surface area contributed by atoms with Gasteiger partial charge in [-0.05, 0) is 120 Å². The van der Waals surface area contributed by atoms with Gasteiger partial charge in [-0.15, -0.1) is 0 Å². The number of fused-ring (bicyclic) bond motifs is 2. The molecule has 2 aromatic heterocycles. The standard InChI is InChI=1S/2C28H18ClF4NO5.3H2O/c2*1-14-9-18-23(13-21(14)29)39-27(38)19(26(18)16-4-2-3-15(10-16)5-8-25(36)37)12-24(35)34-22-7-6-17(30)11-20(22)28(31,32)33;;;/h2*2-11,13H,12H2,1H3,(H,34,35)(H,36,37);3*1H2/b2*8-5+;;;. The van der Waals surface area contributed by atoms with Crippen LogP contribution in [-0.4, -0.2) is 50.4 Å². The van der Waals surface area contributed by atoms with Gasteiger partial charge in [0.25, 0.3) is 0 Å². The van der Waals surface area contributed by atoms with E-state index in [1.807, 2.05) is 0 Å². The van der Waals surface area contributed by atoms with Gasteiger partial charge in [0, 0.05) is 56.2 Å². The molecule has 8 rings (SSSR count). The highest BCUT2D eigenvalue weighted by Gasteiger charge is 2.36. The average Bonchev–Trinajstić information content (AvgIpc) is 3.35. The first kappa shape index (κ1) is 64.5. The van der Waals surface area contributed by atoms with Gasteiger partial charge in [0.2, 0.25) is 11.8 Å². The van der Waals surface area contributed by atoms with Crippen LogP contribution in [0.3, 0.4) is 0 Å². The molecule has 0 fully saturated rings. The van der Waals surface area contributed by atoms with Crippen molar-refractivity contribution in [2.75, 3.05) is 10.6 Å². The Morgan fingerprint density at radius 2 is 0.901 bits per heavy atom. The van der Waals surface area contributed by atoms with Crippen LogP contribution in [0, 0.1) is 25.5 Å². The summed E-state index contributed by atoms with van der Waals surface area (Å²) in [6, 6.07) is 22.6. The summed E-state index contributed by atoms with van der Waals surface area (Å²) in [5, 5.41) is 23.6. The van der Waals surface area contributed by atoms with Crippen molar-refractivity contribution in [3.05, 3.63) is 208 Å². The summed E-state index contributed by atoms with van der Waals surface area (Å²) in [4.78, 5) is 73.9. The first-order chi connectivity index (χ1) is 36.7. The fraction of sp³-hybridized carbons (Fsp3) is 0.107. The number of hydrogen-bond acceptors (Lipinski definition) is 8. The molecule has 25 heteroatoms. The maximum atomic E-state index is 13.5. The molecule has 10 N–H and O–H groups in total. The number of amides is 2. The number of rotatable bonds is 12. The van der Waals surface area contributed by atoms with Gasteiger partial charge >= 0.3 is 35.5 Å². The number of nitrogens with one attached hydrogen (secondary N) is 2. The lowest BCUT2D eigenvalue weighted by atomic mass is 9.93.